The minimum absolute atomic E-state index is 0.488. The molecule has 1 unspecified atom stereocenters. The lowest BCUT2D eigenvalue weighted by atomic mass is 9.94. The van der Waals surface area contributed by atoms with Crippen LogP contribution in [0.2, 0.25) is 0 Å². The van der Waals surface area contributed by atoms with Crippen molar-refractivity contribution in [2.45, 2.75) is 44.2 Å². The molecule has 0 radical (unpaired) electrons. The highest BCUT2D eigenvalue weighted by molar-refractivity contribution is 5.47. The number of nitrogen functional groups attached to an aromatic ring is 1. The van der Waals surface area contributed by atoms with Crippen LogP contribution < -0.4 is 5.73 Å². The Kier molecular flexibility index (Phi) is 4.61. The fraction of sp³-hybridized carbons (Fsp3) is 0.600. The van der Waals surface area contributed by atoms with E-state index in [1.165, 1.54) is 32.1 Å². The van der Waals surface area contributed by atoms with E-state index < -0.39 is 6.10 Å². The highest BCUT2D eigenvalue weighted by Crippen LogP contribution is 2.25. The molecule has 18 heavy (non-hydrogen) atoms. The molecular weight excluding hydrogens is 224 g/mol. The Bertz CT molecular complexity index is 375. The molecule has 0 bridgehead atoms. The average molecular weight is 248 g/mol. The van der Waals surface area contributed by atoms with Gasteiger partial charge in [0.1, 0.15) is 0 Å². The number of hydrogen-bond acceptors (Lipinski definition) is 3. The van der Waals surface area contributed by atoms with E-state index in [2.05, 4.69) is 11.9 Å². The summed E-state index contributed by atoms with van der Waals surface area (Å²) in [5.41, 5.74) is 7.43. The number of likely N-dealkylation sites (N-methyl/N-ethyl adjacent to an activating group) is 1. The Balaban J connectivity index is 1.94. The van der Waals surface area contributed by atoms with Gasteiger partial charge in [-0.15, -0.1) is 0 Å². The predicted molar refractivity (Wildman–Crippen MR) is 75.3 cm³/mol. The van der Waals surface area contributed by atoms with E-state index >= 15 is 0 Å². The first kappa shape index (κ1) is 13.4. The third kappa shape index (κ3) is 3.24. The molecule has 1 atom stereocenters. The SMILES string of the molecule is CN(CC(O)c1ccccc1N)C1CCCCC1. The van der Waals surface area contributed by atoms with Gasteiger partial charge in [-0.2, -0.15) is 0 Å². The van der Waals surface area contributed by atoms with Crippen molar-refractivity contribution in [3.63, 3.8) is 0 Å². The van der Waals surface area contributed by atoms with Crippen LogP contribution in [0.25, 0.3) is 0 Å². The van der Waals surface area contributed by atoms with Gasteiger partial charge < -0.3 is 15.7 Å². The molecule has 0 heterocycles. The maximum atomic E-state index is 10.3. The van der Waals surface area contributed by atoms with Crippen LogP contribution in [0, 0.1) is 0 Å². The monoisotopic (exact) mass is 248 g/mol. The number of rotatable bonds is 4. The van der Waals surface area contributed by atoms with Crippen LogP contribution in [0.1, 0.15) is 43.8 Å². The zero-order chi connectivity index (χ0) is 13.0. The lowest BCUT2D eigenvalue weighted by Gasteiger charge is -2.32. The van der Waals surface area contributed by atoms with Crippen LogP contribution in [0.15, 0.2) is 24.3 Å². The van der Waals surface area contributed by atoms with Gasteiger partial charge >= 0.3 is 0 Å². The van der Waals surface area contributed by atoms with E-state index in [1.807, 2.05) is 24.3 Å². The molecule has 0 spiro atoms. The summed E-state index contributed by atoms with van der Waals surface area (Å²) in [6.45, 7) is 0.666. The van der Waals surface area contributed by atoms with Gasteiger partial charge in [0.25, 0.3) is 0 Å². The Hall–Kier alpha value is -1.06. The maximum Gasteiger partial charge on any atom is 0.0936 e. The Morgan fingerprint density at radius 1 is 1.28 bits per heavy atom. The summed E-state index contributed by atoms with van der Waals surface area (Å²) < 4.78 is 0. The molecule has 1 fully saturated rings. The fourth-order valence-electron chi connectivity index (χ4n) is 2.86. The molecule has 3 N–H and O–H groups in total. The molecule has 1 aromatic carbocycles. The van der Waals surface area contributed by atoms with E-state index in [4.69, 9.17) is 5.73 Å². The topological polar surface area (TPSA) is 49.5 Å². The number of anilines is 1. The first-order valence-corrected chi connectivity index (χ1v) is 6.91. The molecule has 1 aromatic rings. The zero-order valence-electron chi connectivity index (χ0n) is 11.2. The minimum Gasteiger partial charge on any atom is -0.398 e. The zero-order valence-corrected chi connectivity index (χ0v) is 11.2. The average Bonchev–Trinajstić information content (AvgIpc) is 2.40. The second-order valence-corrected chi connectivity index (χ2v) is 5.38. The maximum absolute atomic E-state index is 10.3. The van der Waals surface area contributed by atoms with Crippen molar-refractivity contribution in [1.82, 2.24) is 4.90 Å². The van der Waals surface area contributed by atoms with Crippen molar-refractivity contribution >= 4 is 5.69 Å². The number of nitrogens with two attached hydrogens (primary N) is 1. The van der Waals surface area contributed by atoms with Crippen LogP contribution >= 0.6 is 0 Å². The van der Waals surface area contributed by atoms with Crippen molar-refractivity contribution in [3.8, 4) is 0 Å². The lowest BCUT2D eigenvalue weighted by Crippen LogP contribution is -2.36. The molecule has 0 aliphatic heterocycles. The molecule has 2 rings (SSSR count). The molecule has 100 valence electrons. The minimum atomic E-state index is -0.488. The molecule has 1 aliphatic rings. The van der Waals surface area contributed by atoms with E-state index in [9.17, 15) is 5.11 Å². The summed E-state index contributed by atoms with van der Waals surface area (Å²) in [7, 11) is 2.11. The molecule has 0 aromatic heterocycles. The van der Waals surface area contributed by atoms with Crippen LogP contribution in [0.3, 0.4) is 0 Å². The quantitative estimate of drug-likeness (QED) is 0.805. The van der Waals surface area contributed by atoms with Crippen LogP contribution in [0.4, 0.5) is 5.69 Å². The molecule has 3 heteroatoms. The smallest absolute Gasteiger partial charge is 0.0936 e. The van der Waals surface area contributed by atoms with Crippen molar-refractivity contribution in [2.24, 2.45) is 0 Å². The highest BCUT2D eigenvalue weighted by atomic mass is 16.3. The number of hydrogen-bond donors (Lipinski definition) is 2. The Morgan fingerprint density at radius 3 is 2.61 bits per heavy atom. The lowest BCUT2D eigenvalue weighted by molar-refractivity contribution is 0.0918. The van der Waals surface area contributed by atoms with Gasteiger partial charge in [-0.25, -0.2) is 0 Å². The third-order valence-corrected chi connectivity index (χ3v) is 4.01. The van der Waals surface area contributed by atoms with Crippen LogP contribution in [-0.4, -0.2) is 29.6 Å². The second kappa shape index (κ2) is 6.21. The molecular formula is C15H24N2O. The number of aliphatic hydroxyl groups excluding tert-OH is 1. The van der Waals surface area contributed by atoms with Crippen LogP contribution in [-0.2, 0) is 0 Å². The Labute approximate surface area is 110 Å². The summed E-state index contributed by atoms with van der Waals surface area (Å²) >= 11 is 0. The van der Waals surface area contributed by atoms with E-state index in [1.54, 1.807) is 0 Å². The van der Waals surface area contributed by atoms with Crippen molar-refractivity contribution in [3.05, 3.63) is 29.8 Å². The normalized spacial score (nSPS) is 19.1. The number of nitrogens with zero attached hydrogens (tertiary/aromatic N) is 1. The van der Waals surface area contributed by atoms with Gasteiger partial charge in [0.05, 0.1) is 6.10 Å². The summed E-state index contributed by atoms with van der Waals surface area (Å²) in [5, 5.41) is 10.3. The van der Waals surface area contributed by atoms with Gasteiger partial charge in [-0.05, 0) is 26.0 Å². The highest BCUT2D eigenvalue weighted by Gasteiger charge is 2.21. The van der Waals surface area contributed by atoms with E-state index in [0.717, 1.165) is 5.56 Å². The van der Waals surface area contributed by atoms with Gasteiger partial charge in [-0.1, -0.05) is 37.5 Å². The summed E-state index contributed by atoms with van der Waals surface area (Å²) in [6.07, 6.45) is 6.02. The number of aliphatic hydroxyl groups is 1. The largest absolute Gasteiger partial charge is 0.398 e. The van der Waals surface area contributed by atoms with Gasteiger partial charge in [0.15, 0.2) is 0 Å². The summed E-state index contributed by atoms with van der Waals surface area (Å²) in [4.78, 5) is 2.29. The molecule has 0 amide bonds. The van der Waals surface area contributed by atoms with Crippen LogP contribution in [0.5, 0.6) is 0 Å². The standard InChI is InChI=1S/C15H24N2O/c1-17(12-7-3-2-4-8-12)11-15(18)13-9-5-6-10-14(13)16/h5-6,9-10,12,15,18H,2-4,7-8,11,16H2,1H3. The Morgan fingerprint density at radius 2 is 1.94 bits per heavy atom. The fourth-order valence-corrected chi connectivity index (χ4v) is 2.86. The molecule has 1 saturated carbocycles. The molecule has 1 aliphatic carbocycles. The first-order chi connectivity index (χ1) is 8.68. The predicted octanol–water partition coefficient (Wildman–Crippen LogP) is 2.57. The van der Waals surface area contributed by atoms with Gasteiger partial charge in [0, 0.05) is 23.8 Å². The van der Waals surface area contributed by atoms with Crippen molar-refractivity contribution in [1.29, 1.82) is 0 Å². The third-order valence-electron chi connectivity index (χ3n) is 4.01. The first-order valence-electron chi connectivity index (χ1n) is 6.91. The molecule has 3 nitrogen and oxygen atoms in total. The van der Waals surface area contributed by atoms with E-state index in [-0.39, 0.29) is 0 Å². The van der Waals surface area contributed by atoms with Gasteiger partial charge in [-0.3, -0.25) is 0 Å². The van der Waals surface area contributed by atoms with Gasteiger partial charge in [0.2, 0.25) is 0 Å². The second-order valence-electron chi connectivity index (χ2n) is 5.38. The molecule has 0 saturated heterocycles. The van der Waals surface area contributed by atoms with Crippen molar-refractivity contribution in [2.75, 3.05) is 19.3 Å². The summed E-state index contributed by atoms with van der Waals surface area (Å²) in [5.74, 6) is 0. The summed E-state index contributed by atoms with van der Waals surface area (Å²) in [6, 6.07) is 8.21. The number of benzene rings is 1. The number of para-hydroxylation sites is 1. The van der Waals surface area contributed by atoms with E-state index in [0.29, 0.717) is 18.3 Å². The van der Waals surface area contributed by atoms with Crippen molar-refractivity contribution < 1.29 is 5.11 Å².